The first kappa shape index (κ1) is 16.3. The molecule has 0 unspecified atom stereocenters. The summed E-state index contributed by atoms with van der Waals surface area (Å²) in [4.78, 5) is 12.5. The van der Waals surface area contributed by atoms with E-state index in [9.17, 15) is 4.79 Å². The van der Waals surface area contributed by atoms with E-state index in [2.05, 4.69) is 46.7 Å². The molecule has 6 nitrogen and oxygen atoms in total. The van der Waals surface area contributed by atoms with E-state index < -0.39 is 0 Å². The number of amides is 1. The number of hydrogen-bond donors (Lipinski definition) is 1. The lowest BCUT2D eigenvalue weighted by molar-refractivity contribution is 0.102. The number of carbonyl (C=O) groups excluding carboxylic acids is 1. The molecule has 0 aliphatic rings. The molecule has 0 atom stereocenters. The van der Waals surface area contributed by atoms with Gasteiger partial charge in [0.15, 0.2) is 0 Å². The molecule has 1 N–H and O–H groups in total. The average molecular weight is 341 g/mol. The molecule has 0 aliphatic carbocycles. The summed E-state index contributed by atoms with van der Waals surface area (Å²) in [6.45, 7) is 2.66. The first-order valence-corrected chi connectivity index (χ1v) is 8.75. The first-order chi connectivity index (χ1) is 11.6. The van der Waals surface area contributed by atoms with Crippen LogP contribution in [0.2, 0.25) is 0 Å². The van der Waals surface area contributed by atoms with Crippen LogP contribution in [0.3, 0.4) is 0 Å². The van der Waals surface area contributed by atoms with E-state index in [4.69, 9.17) is 0 Å². The van der Waals surface area contributed by atoms with Gasteiger partial charge in [-0.05, 0) is 18.7 Å². The van der Waals surface area contributed by atoms with Crippen molar-refractivity contribution in [3.63, 3.8) is 0 Å². The van der Waals surface area contributed by atoms with Gasteiger partial charge in [0.25, 0.3) is 5.91 Å². The standard InChI is InChI=1S/C17H19N5OS/c1-12-4-6-13(7-5-12)11-22-15(8-9-18-22)20-16(23)14-10-19-21(2)17(14)24-3/h4-10H,11H2,1-3H3,(H,20,23). The minimum absolute atomic E-state index is 0.182. The number of benzene rings is 1. The predicted octanol–water partition coefficient (Wildman–Crippen LogP) is 2.95. The van der Waals surface area contributed by atoms with Crippen LogP contribution in [-0.4, -0.2) is 31.7 Å². The Balaban J connectivity index is 1.77. The fraction of sp³-hybridized carbons (Fsp3) is 0.235. The first-order valence-electron chi connectivity index (χ1n) is 7.53. The van der Waals surface area contributed by atoms with Crippen molar-refractivity contribution in [3.8, 4) is 0 Å². The Hall–Kier alpha value is -2.54. The number of aryl methyl sites for hydroxylation is 2. The van der Waals surface area contributed by atoms with Gasteiger partial charge >= 0.3 is 0 Å². The summed E-state index contributed by atoms with van der Waals surface area (Å²) >= 11 is 1.50. The van der Waals surface area contributed by atoms with E-state index in [-0.39, 0.29) is 5.91 Å². The molecule has 0 fully saturated rings. The van der Waals surface area contributed by atoms with Gasteiger partial charge in [0.1, 0.15) is 10.8 Å². The molecular weight excluding hydrogens is 322 g/mol. The molecule has 3 aromatic rings. The lowest BCUT2D eigenvalue weighted by atomic mass is 10.1. The van der Waals surface area contributed by atoms with E-state index in [0.29, 0.717) is 17.9 Å². The Bertz CT molecular complexity index is 850. The predicted molar refractivity (Wildman–Crippen MR) is 95.5 cm³/mol. The molecule has 2 heterocycles. The van der Waals surface area contributed by atoms with E-state index in [1.54, 1.807) is 27.8 Å². The molecule has 3 rings (SSSR count). The SMILES string of the molecule is CSc1c(C(=O)Nc2ccnn2Cc2ccc(C)cc2)cnn1C. The van der Waals surface area contributed by atoms with Crippen molar-refractivity contribution in [2.75, 3.05) is 11.6 Å². The summed E-state index contributed by atoms with van der Waals surface area (Å²) in [6, 6.07) is 10.1. The fourth-order valence-electron chi connectivity index (χ4n) is 2.44. The van der Waals surface area contributed by atoms with Gasteiger partial charge in [-0.15, -0.1) is 11.8 Å². The van der Waals surface area contributed by atoms with Crippen LogP contribution in [0, 0.1) is 6.92 Å². The van der Waals surface area contributed by atoms with Gasteiger partial charge in [-0.25, -0.2) is 4.68 Å². The monoisotopic (exact) mass is 341 g/mol. The van der Waals surface area contributed by atoms with Crippen LogP contribution in [-0.2, 0) is 13.6 Å². The second-order valence-corrected chi connectivity index (χ2v) is 6.30. The van der Waals surface area contributed by atoms with Crippen molar-refractivity contribution < 1.29 is 4.79 Å². The van der Waals surface area contributed by atoms with Gasteiger partial charge in [0, 0.05) is 13.1 Å². The average Bonchev–Trinajstić information content (AvgIpc) is 3.16. The highest BCUT2D eigenvalue weighted by Crippen LogP contribution is 2.20. The maximum absolute atomic E-state index is 12.5. The van der Waals surface area contributed by atoms with Crippen LogP contribution < -0.4 is 5.32 Å². The zero-order valence-electron chi connectivity index (χ0n) is 13.9. The Morgan fingerprint density at radius 3 is 2.67 bits per heavy atom. The molecule has 0 aliphatic heterocycles. The molecule has 0 radical (unpaired) electrons. The van der Waals surface area contributed by atoms with Crippen molar-refractivity contribution in [2.45, 2.75) is 18.5 Å². The summed E-state index contributed by atoms with van der Waals surface area (Å²) in [7, 11) is 1.82. The summed E-state index contributed by atoms with van der Waals surface area (Å²) in [5, 5.41) is 12.2. The van der Waals surface area contributed by atoms with E-state index >= 15 is 0 Å². The van der Waals surface area contributed by atoms with Gasteiger partial charge in [0.05, 0.1) is 24.5 Å². The third kappa shape index (κ3) is 3.35. The third-order valence-electron chi connectivity index (χ3n) is 3.73. The quantitative estimate of drug-likeness (QED) is 0.725. The molecule has 0 bridgehead atoms. The molecule has 7 heteroatoms. The molecule has 1 amide bonds. The van der Waals surface area contributed by atoms with Crippen LogP contribution in [0.15, 0.2) is 47.8 Å². The number of nitrogens with zero attached hydrogens (tertiary/aromatic N) is 4. The highest BCUT2D eigenvalue weighted by atomic mass is 32.2. The van der Waals surface area contributed by atoms with Crippen LogP contribution in [0.1, 0.15) is 21.5 Å². The zero-order valence-corrected chi connectivity index (χ0v) is 14.7. The van der Waals surface area contributed by atoms with Gasteiger partial charge in [-0.2, -0.15) is 10.2 Å². The smallest absolute Gasteiger partial charge is 0.261 e. The van der Waals surface area contributed by atoms with Crippen LogP contribution >= 0.6 is 11.8 Å². The molecule has 2 aromatic heterocycles. The van der Waals surface area contributed by atoms with Crippen molar-refractivity contribution in [3.05, 3.63) is 59.4 Å². The number of rotatable bonds is 5. The van der Waals surface area contributed by atoms with E-state index in [0.717, 1.165) is 10.6 Å². The highest BCUT2D eigenvalue weighted by Gasteiger charge is 2.17. The lowest BCUT2D eigenvalue weighted by Crippen LogP contribution is -2.16. The maximum Gasteiger partial charge on any atom is 0.261 e. The minimum Gasteiger partial charge on any atom is -0.307 e. The molecule has 0 saturated carbocycles. The molecular formula is C17H19N5OS. The third-order valence-corrected chi connectivity index (χ3v) is 4.60. The number of anilines is 1. The molecule has 1 aromatic carbocycles. The number of thioether (sulfide) groups is 1. The Morgan fingerprint density at radius 1 is 1.21 bits per heavy atom. The van der Waals surface area contributed by atoms with E-state index in [1.807, 2.05) is 13.3 Å². The highest BCUT2D eigenvalue weighted by molar-refractivity contribution is 7.98. The second-order valence-electron chi connectivity index (χ2n) is 5.50. The Morgan fingerprint density at radius 2 is 1.96 bits per heavy atom. The fourth-order valence-corrected chi connectivity index (χ4v) is 3.12. The van der Waals surface area contributed by atoms with Gasteiger partial charge in [0.2, 0.25) is 0 Å². The van der Waals surface area contributed by atoms with Crippen molar-refractivity contribution in [1.82, 2.24) is 19.6 Å². The molecule has 24 heavy (non-hydrogen) atoms. The van der Waals surface area contributed by atoms with Crippen LogP contribution in [0.5, 0.6) is 0 Å². The Labute approximate surface area is 144 Å². The van der Waals surface area contributed by atoms with Gasteiger partial charge < -0.3 is 5.32 Å². The van der Waals surface area contributed by atoms with Crippen LogP contribution in [0.4, 0.5) is 5.82 Å². The normalized spacial score (nSPS) is 10.8. The summed E-state index contributed by atoms with van der Waals surface area (Å²) in [5.41, 5.74) is 2.91. The molecule has 0 saturated heterocycles. The number of hydrogen-bond acceptors (Lipinski definition) is 4. The lowest BCUT2D eigenvalue weighted by Gasteiger charge is -2.09. The zero-order chi connectivity index (χ0) is 17.1. The number of carbonyl (C=O) groups is 1. The van der Waals surface area contributed by atoms with Crippen molar-refractivity contribution >= 4 is 23.5 Å². The number of aromatic nitrogens is 4. The largest absolute Gasteiger partial charge is 0.307 e. The topological polar surface area (TPSA) is 64.7 Å². The minimum atomic E-state index is -0.182. The second kappa shape index (κ2) is 6.92. The maximum atomic E-state index is 12.5. The summed E-state index contributed by atoms with van der Waals surface area (Å²) in [6.07, 6.45) is 5.19. The van der Waals surface area contributed by atoms with Gasteiger partial charge in [-0.1, -0.05) is 29.8 Å². The van der Waals surface area contributed by atoms with Crippen molar-refractivity contribution in [2.24, 2.45) is 7.05 Å². The Kier molecular flexibility index (Phi) is 4.71. The van der Waals surface area contributed by atoms with Gasteiger partial charge in [-0.3, -0.25) is 9.48 Å². The summed E-state index contributed by atoms with van der Waals surface area (Å²) in [5.74, 6) is 0.481. The van der Waals surface area contributed by atoms with E-state index in [1.165, 1.54) is 17.3 Å². The number of nitrogens with one attached hydrogen (secondary N) is 1. The molecule has 0 spiro atoms. The summed E-state index contributed by atoms with van der Waals surface area (Å²) < 4.78 is 3.47. The molecule has 124 valence electrons. The van der Waals surface area contributed by atoms with Crippen molar-refractivity contribution in [1.29, 1.82) is 0 Å². The van der Waals surface area contributed by atoms with Crippen LogP contribution in [0.25, 0.3) is 0 Å².